The standard InChI is InChI=1S/C18H20N2O4/c1-4-24-16-10-5-13(11-17(16)23-3)12-19-20-18(21)14-6-8-15(22-2)9-7-14/h5-12H,4H2,1-3H3,(H,20,21)/b19-12+. The highest BCUT2D eigenvalue weighted by atomic mass is 16.5. The van der Waals surface area contributed by atoms with Crippen molar-refractivity contribution in [2.45, 2.75) is 6.92 Å². The van der Waals surface area contributed by atoms with E-state index >= 15 is 0 Å². The van der Waals surface area contributed by atoms with Gasteiger partial charge in [-0.1, -0.05) is 0 Å². The summed E-state index contributed by atoms with van der Waals surface area (Å²) in [6.45, 7) is 2.46. The largest absolute Gasteiger partial charge is 0.497 e. The molecule has 0 aliphatic carbocycles. The van der Waals surface area contributed by atoms with Gasteiger partial charge in [-0.15, -0.1) is 0 Å². The minimum atomic E-state index is -0.299. The number of benzene rings is 2. The number of hydrogen-bond acceptors (Lipinski definition) is 5. The van der Waals surface area contributed by atoms with Crippen molar-refractivity contribution in [3.05, 3.63) is 53.6 Å². The molecule has 6 heteroatoms. The molecule has 0 fully saturated rings. The van der Waals surface area contributed by atoms with Crippen LogP contribution in [0.3, 0.4) is 0 Å². The highest BCUT2D eigenvalue weighted by molar-refractivity contribution is 5.95. The Morgan fingerprint density at radius 2 is 1.83 bits per heavy atom. The summed E-state index contributed by atoms with van der Waals surface area (Å²) in [4.78, 5) is 12.0. The van der Waals surface area contributed by atoms with Crippen LogP contribution >= 0.6 is 0 Å². The maximum Gasteiger partial charge on any atom is 0.271 e. The van der Waals surface area contributed by atoms with Crippen LogP contribution in [-0.2, 0) is 0 Å². The lowest BCUT2D eigenvalue weighted by Gasteiger charge is -2.09. The van der Waals surface area contributed by atoms with Crippen molar-refractivity contribution in [2.24, 2.45) is 5.10 Å². The van der Waals surface area contributed by atoms with Gasteiger partial charge in [0, 0.05) is 5.56 Å². The molecule has 0 saturated carbocycles. The number of hydrazone groups is 1. The Bertz CT molecular complexity index is 711. The number of nitrogens with zero attached hydrogens (tertiary/aromatic N) is 1. The average Bonchev–Trinajstić information content (AvgIpc) is 2.63. The van der Waals surface area contributed by atoms with Crippen LogP contribution in [0.5, 0.6) is 17.2 Å². The van der Waals surface area contributed by atoms with Crippen LogP contribution < -0.4 is 19.6 Å². The van der Waals surface area contributed by atoms with Crippen molar-refractivity contribution in [1.82, 2.24) is 5.43 Å². The second kappa shape index (κ2) is 8.57. The van der Waals surface area contributed by atoms with Crippen LogP contribution in [0.25, 0.3) is 0 Å². The van der Waals surface area contributed by atoms with Gasteiger partial charge in [-0.05, 0) is 55.0 Å². The van der Waals surface area contributed by atoms with Gasteiger partial charge in [0.2, 0.25) is 0 Å². The summed E-state index contributed by atoms with van der Waals surface area (Å²) >= 11 is 0. The summed E-state index contributed by atoms with van der Waals surface area (Å²) in [5.74, 6) is 1.67. The van der Waals surface area contributed by atoms with E-state index in [-0.39, 0.29) is 5.91 Å². The number of amides is 1. The highest BCUT2D eigenvalue weighted by Crippen LogP contribution is 2.27. The predicted molar refractivity (Wildman–Crippen MR) is 92.2 cm³/mol. The number of nitrogens with one attached hydrogen (secondary N) is 1. The van der Waals surface area contributed by atoms with Crippen molar-refractivity contribution in [3.8, 4) is 17.2 Å². The zero-order valence-corrected chi connectivity index (χ0v) is 13.9. The van der Waals surface area contributed by atoms with Crippen LogP contribution in [0.1, 0.15) is 22.8 Å². The highest BCUT2D eigenvalue weighted by Gasteiger charge is 2.05. The molecule has 1 amide bonds. The third-order valence-corrected chi connectivity index (χ3v) is 3.22. The second-order valence-electron chi connectivity index (χ2n) is 4.77. The Balaban J connectivity index is 2.01. The van der Waals surface area contributed by atoms with E-state index in [9.17, 15) is 4.79 Å². The van der Waals surface area contributed by atoms with Crippen LogP contribution in [-0.4, -0.2) is 32.9 Å². The Kier molecular flexibility index (Phi) is 6.19. The van der Waals surface area contributed by atoms with Crippen LogP contribution in [0.15, 0.2) is 47.6 Å². The molecule has 0 bridgehead atoms. The Hall–Kier alpha value is -3.02. The summed E-state index contributed by atoms with van der Waals surface area (Å²) in [7, 11) is 3.15. The first-order valence-electron chi connectivity index (χ1n) is 7.46. The van der Waals surface area contributed by atoms with Crippen molar-refractivity contribution in [1.29, 1.82) is 0 Å². The summed E-state index contributed by atoms with van der Waals surface area (Å²) in [5.41, 5.74) is 3.76. The molecule has 2 aromatic carbocycles. The first-order chi connectivity index (χ1) is 11.7. The van der Waals surface area contributed by atoms with Gasteiger partial charge in [-0.2, -0.15) is 5.10 Å². The van der Waals surface area contributed by atoms with Crippen molar-refractivity contribution >= 4 is 12.1 Å². The van der Waals surface area contributed by atoms with E-state index in [4.69, 9.17) is 14.2 Å². The van der Waals surface area contributed by atoms with Crippen molar-refractivity contribution < 1.29 is 19.0 Å². The molecule has 2 rings (SSSR count). The summed E-state index contributed by atoms with van der Waals surface area (Å²) < 4.78 is 15.8. The van der Waals surface area contributed by atoms with E-state index < -0.39 is 0 Å². The molecule has 0 spiro atoms. The van der Waals surface area contributed by atoms with E-state index in [2.05, 4.69) is 10.5 Å². The first-order valence-corrected chi connectivity index (χ1v) is 7.46. The second-order valence-corrected chi connectivity index (χ2v) is 4.77. The van der Waals surface area contributed by atoms with Crippen molar-refractivity contribution in [3.63, 3.8) is 0 Å². The topological polar surface area (TPSA) is 69.2 Å². The molecule has 24 heavy (non-hydrogen) atoms. The van der Waals surface area contributed by atoms with Gasteiger partial charge in [-0.25, -0.2) is 5.43 Å². The van der Waals surface area contributed by atoms with E-state index in [0.717, 1.165) is 5.56 Å². The van der Waals surface area contributed by atoms with E-state index in [1.807, 2.05) is 13.0 Å². The maximum absolute atomic E-state index is 12.0. The molecule has 0 aromatic heterocycles. The normalized spacial score (nSPS) is 10.5. The molecule has 0 atom stereocenters. The van der Waals surface area contributed by atoms with Gasteiger partial charge in [-0.3, -0.25) is 4.79 Å². The first kappa shape index (κ1) is 17.3. The molecule has 0 heterocycles. The minimum absolute atomic E-state index is 0.299. The number of methoxy groups -OCH3 is 2. The van der Waals surface area contributed by atoms with Gasteiger partial charge < -0.3 is 14.2 Å². The quantitative estimate of drug-likeness (QED) is 0.627. The lowest BCUT2D eigenvalue weighted by molar-refractivity contribution is 0.0955. The Morgan fingerprint density at radius 1 is 1.08 bits per heavy atom. The number of hydrogen-bond donors (Lipinski definition) is 1. The number of carbonyl (C=O) groups excluding carboxylic acids is 1. The summed E-state index contributed by atoms with van der Waals surface area (Å²) in [6.07, 6.45) is 1.54. The number of rotatable bonds is 7. The summed E-state index contributed by atoms with van der Waals surface area (Å²) in [5, 5.41) is 3.96. The van der Waals surface area contributed by atoms with E-state index in [1.165, 1.54) is 0 Å². The molecule has 126 valence electrons. The molecule has 1 N–H and O–H groups in total. The maximum atomic E-state index is 12.0. The fourth-order valence-corrected chi connectivity index (χ4v) is 2.01. The fraction of sp³-hybridized carbons (Fsp3) is 0.222. The molecule has 6 nitrogen and oxygen atoms in total. The lowest BCUT2D eigenvalue weighted by Crippen LogP contribution is -2.17. The van der Waals surface area contributed by atoms with Crippen molar-refractivity contribution in [2.75, 3.05) is 20.8 Å². The minimum Gasteiger partial charge on any atom is -0.497 e. The summed E-state index contributed by atoms with van der Waals surface area (Å²) in [6, 6.07) is 12.2. The Labute approximate surface area is 141 Å². The number of carbonyl (C=O) groups is 1. The fourth-order valence-electron chi connectivity index (χ4n) is 2.01. The predicted octanol–water partition coefficient (Wildman–Crippen LogP) is 2.87. The van der Waals surface area contributed by atoms with Gasteiger partial charge >= 0.3 is 0 Å². The zero-order valence-electron chi connectivity index (χ0n) is 13.9. The average molecular weight is 328 g/mol. The SMILES string of the molecule is CCOc1ccc(/C=N/NC(=O)c2ccc(OC)cc2)cc1OC. The molecular weight excluding hydrogens is 308 g/mol. The van der Waals surface area contributed by atoms with Gasteiger partial charge in [0.1, 0.15) is 5.75 Å². The van der Waals surface area contributed by atoms with E-state index in [0.29, 0.717) is 29.4 Å². The molecular formula is C18H20N2O4. The molecule has 0 radical (unpaired) electrons. The monoisotopic (exact) mass is 328 g/mol. The smallest absolute Gasteiger partial charge is 0.271 e. The van der Waals surface area contributed by atoms with Gasteiger partial charge in [0.15, 0.2) is 11.5 Å². The molecule has 0 saturated heterocycles. The van der Waals surface area contributed by atoms with Crippen LogP contribution in [0.4, 0.5) is 0 Å². The van der Waals surface area contributed by atoms with Crippen LogP contribution in [0, 0.1) is 0 Å². The third kappa shape index (κ3) is 4.49. The van der Waals surface area contributed by atoms with Gasteiger partial charge in [0.25, 0.3) is 5.91 Å². The zero-order chi connectivity index (χ0) is 17.4. The molecule has 2 aromatic rings. The van der Waals surface area contributed by atoms with Gasteiger partial charge in [0.05, 0.1) is 27.0 Å². The lowest BCUT2D eigenvalue weighted by atomic mass is 10.2. The molecule has 0 aliphatic heterocycles. The molecule has 0 unspecified atom stereocenters. The molecule has 0 aliphatic rings. The third-order valence-electron chi connectivity index (χ3n) is 3.22. The van der Waals surface area contributed by atoms with Crippen LogP contribution in [0.2, 0.25) is 0 Å². The van der Waals surface area contributed by atoms with E-state index in [1.54, 1.807) is 56.8 Å². The Morgan fingerprint density at radius 3 is 2.46 bits per heavy atom. The number of ether oxygens (including phenoxy) is 3.